The molecule has 0 fully saturated rings. The van der Waals surface area contributed by atoms with E-state index in [0.29, 0.717) is 40.2 Å². The van der Waals surface area contributed by atoms with Crippen molar-refractivity contribution in [1.82, 2.24) is 14.9 Å². The van der Waals surface area contributed by atoms with E-state index < -0.39 is 0 Å². The zero-order chi connectivity index (χ0) is 22.7. The maximum absolute atomic E-state index is 13.3. The molecule has 1 aromatic heterocycles. The molecule has 0 aliphatic rings. The third-order valence-electron chi connectivity index (χ3n) is 5.08. The number of nitrogens with zero attached hydrogens (tertiary/aromatic N) is 1. The van der Waals surface area contributed by atoms with Crippen LogP contribution in [0.2, 0.25) is 0 Å². The van der Waals surface area contributed by atoms with Crippen LogP contribution in [0.4, 0.5) is 0 Å². The SMILES string of the molecule is COc1ccc(OC)c(-n2c(=S)[nH]c3cc(C(=O)NCc4ccccc4)ccc3c2=O)c1. The van der Waals surface area contributed by atoms with Crippen molar-refractivity contribution in [2.24, 2.45) is 0 Å². The Balaban J connectivity index is 1.72. The van der Waals surface area contributed by atoms with Gasteiger partial charge < -0.3 is 19.8 Å². The first-order chi connectivity index (χ1) is 15.5. The summed E-state index contributed by atoms with van der Waals surface area (Å²) in [5, 5.41) is 3.27. The number of methoxy groups -OCH3 is 2. The molecular formula is C24H21N3O4S. The molecule has 3 aromatic carbocycles. The van der Waals surface area contributed by atoms with Crippen LogP contribution in [0.15, 0.2) is 71.5 Å². The first-order valence-electron chi connectivity index (χ1n) is 9.85. The molecule has 4 rings (SSSR count). The second-order valence-corrected chi connectivity index (χ2v) is 7.42. The molecule has 162 valence electrons. The minimum absolute atomic E-state index is 0.177. The highest BCUT2D eigenvalue weighted by Crippen LogP contribution is 2.27. The van der Waals surface area contributed by atoms with E-state index in [1.54, 1.807) is 43.5 Å². The molecule has 0 atom stereocenters. The summed E-state index contributed by atoms with van der Waals surface area (Å²) in [6.45, 7) is 0.408. The zero-order valence-electron chi connectivity index (χ0n) is 17.5. The number of ether oxygens (including phenoxy) is 2. The number of nitrogens with one attached hydrogen (secondary N) is 2. The number of rotatable bonds is 6. The quantitative estimate of drug-likeness (QED) is 0.437. The van der Waals surface area contributed by atoms with Gasteiger partial charge in [-0.2, -0.15) is 0 Å². The summed E-state index contributed by atoms with van der Waals surface area (Å²) in [5.74, 6) is 0.796. The van der Waals surface area contributed by atoms with E-state index in [9.17, 15) is 9.59 Å². The van der Waals surface area contributed by atoms with Crippen LogP contribution < -0.4 is 20.3 Å². The second kappa shape index (κ2) is 9.07. The zero-order valence-corrected chi connectivity index (χ0v) is 18.4. The maximum atomic E-state index is 13.3. The van der Waals surface area contributed by atoms with E-state index in [0.717, 1.165) is 5.56 Å². The van der Waals surface area contributed by atoms with Crippen LogP contribution >= 0.6 is 12.2 Å². The van der Waals surface area contributed by atoms with Crippen molar-refractivity contribution in [3.05, 3.63) is 93.0 Å². The highest BCUT2D eigenvalue weighted by Gasteiger charge is 2.15. The van der Waals surface area contributed by atoms with Gasteiger partial charge in [0.1, 0.15) is 11.5 Å². The lowest BCUT2D eigenvalue weighted by Gasteiger charge is -2.14. The van der Waals surface area contributed by atoms with Crippen LogP contribution in [0.1, 0.15) is 15.9 Å². The van der Waals surface area contributed by atoms with Gasteiger partial charge in [0.05, 0.1) is 30.8 Å². The van der Waals surface area contributed by atoms with Crippen molar-refractivity contribution >= 4 is 29.0 Å². The van der Waals surface area contributed by atoms with Crippen molar-refractivity contribution in [2.75, 3.05) is 14.2 Å². The summed E-state index contributed by atoms with van der Waals surface area (Å²) >= 11 is 5.47. The Morgan fingerprint density at radius 2 is 1.81 bits per heavy atom. The number of aromatic amines is 1. The summed E-state index contributed by atoms with van der Waals surface area (Å²) in [5.41, 5.74) is 2.04. The number of fused-ring (bicyclic) bond motifs is 1. The van der Waals surface area contributed by atoms with Gasteiger partial charge in [-0.1, -0.05) is 30.3 Å². The summed E-state index contributed by atoms with van der Waals surface area (Å²) < 4.78 is 12.2. The van der Waals surface area contributed by atoms with E-state index >= 15 is 0 Å². The number of H-pyrrole nitrogens is 1. The molecule has 2 N–H and O–H groups in total. The van der Waals surface area contributed by atoms with Gasteiger partial charge in [-0.05, 0) is 48.1 Å². The largest absolute Gasteiger partial charge is 0.497 e. The number of hydrogen-bond acceptors (Lipinski definition) is 5. The topological polar surface area (TPSA) is 85.3 Å². The van der Waals surface area contributed by atoms with E-state index in [4.69, 9.17) is 21.7 Å². The minimum Gasteiger partial charge on any atom is -0.497 e. The average Bonchev–Trinajstić information content (AvgIpc) is 2.82. The van der Waals surface area contributed by atoms with Crippen molar-refractivity contribution in [1.29, 1.82) is 0 Å². The van der Waals surface area contributed by atoms with Gasteiger partial charge in [-0.25, -0.2) is 4.57 Å². The Bertz CT molecular complexity index is 1410. The predicted molar refractivity (Wildman–Crippen MR) is 125 cm³/mol. The van der Waals surface area contributed by atoms with Crippen LogP contribution in [0.25, 0.3) is 16.6 Å². The molecule has 0 aliphatic carbocycles. The van der Waals surface area contributed by atoms with Crippen molar-refractivity contribution < 1.29 is 14.3 Å². The van der Waals surface area contributed by atoms with Gasteiger partial charge in [0.15, 0.2) is 4.77 Å². The third-order valence-corrected chi connectivity index (χ3v) is 5.37. The molecular weight excluding hydrogens is 426 g/mol. The predicted octanol–water partition coefficient (Wildman–Crippen LogP) is 4.00. The summed E-state index contributed by atoms with van der Waals surface area (Å²) in [6.07, 6.45) is 0. The fourth-order valence-electron chi connectivity index (χ4n) is 3.43. The molecule has 0 saturated heterocycles. The van der Waals surface area contributed by atoms with E-state index in [2.05, 4.69) is 10.3 Å². The Morgan fingerprint density at radius 1 is 1.03 bits per heavy atom. The fraction of sp³-hybridized carbons (Fsp3) is 0.125. The van der Waals surface area contributed by atoms with Gasteiger partial charge in [0.25, 0.3) is 11.5 Å². The van der Waals surface area contributed by atoms with Crippen molar-refractivity contribution in [3.63, 3.8) is 0 Å². The first kappa shape index (κ1) is 21.3. The molecule has 0 unspecified atom stereocenters. The number of hydrogen-bond donors (Lipinski definition) is 2. The lowest BCUT2D eigenvalue weighted by molar-refractivity contribution is 0.0951. The Hall–Kier alpha value is -3.91. The normalized spacial score (nSPS) is 10.7. The summed E-state index contributed by atoms with van der Waals surface area (Å²) in [4.78, 5) is 29.0. The maximum Gasteiger partial charge on any atom is 0.266 e. The number of amides is 1. The highest BCUT2D eigenvalue weighted by molar-refractivity contribution is 7.71. The van der Waals surface area contributed by atoms with Crippen molar-refractivity contribution in [3.8, 4) is 17.2 Å². The van der Waals surface area contributed by atoms with E-state index in [1.165, 1.54) is 11.7 Å². The molecule has 0 saturated carbocycles. The second-order valence-electron chi connectivity index (χ2n) is 7.04. The molecule has 0 aliphatic heterocycles. The smallest absolute Gasteiger partial charge is 0.266 e. The van der Waals surface area contributed by atoms with Gasteiger partial charge in [-0.3, -0.25) is 9.59 Å². The lowest BCUT2D eigenvalue weighted by Crippen LogP contribution is -2.24. The summed E-state index contributed by atoms with van der Waals surface area (Å²) in [7, 11) is 3.06. The van der Waals surface area contributed by atoms with Gasteiger partial charge in [0, 0.05) is 18.2 Å². The molecule has 8 heteroatoms. The third kappa shape index (κ3) is 4.13. The van der Waals surface area contributed by atoms with Crippen LogP contribution in [-0.4, -0.2) is 29.7 Å². The molecule has 0 spiro atoms. The van der Waals surface area contributed by atoms with Crippen LogP contribution in [0.5, 0.6) is 11.5 Å². The molecule has 0 bridgehead atoms. The molecule has 32 heavy (non-hydrogen) atoms. The number of aromatic nitrogens is 2. The van der Waals surface area contributed by atoms with Gasteiger partial charge in [0.2, 0.25) is 0 Å². The van der Waals surface area contributed by atoms with Crippen LogP contribution in [-0.2, 0) is 6.54 Å². The molecule has 4 aromatic rings. The summed E-state index contributed by atoms with van der Waals surface area (Å²) in [6, 6.07) is 19.6. The van der Waals surface area contributed by atoms with E-state index in [1.807, 2.05) is 30.3 Å². The molecule has 1 amide bonds. The Kier molecular flexibility index (Phi) is 6.04. The lowest BCUT2D eigenvalue weighted by atomic mass is 10.1. The number of benzene rings is 3. The Morgan fingerprint density at radius 3 is 2.53 bits per heavy atom. The van der Waals surface area contributed by atoms with E-state index in [-0.39, 0.29) is 16.2 Å². The van der Waals surface area contributed by atoms with Crippen LogP contribution in [0.3, 0.4) is 0 Å². The average molecular weight is 448 g/mol. The number of carbonyl (C=O) groups excluding carboxylic acids is 1. The highest BCUT2D eigenvalue weighted by atomic mass is 32.1. The monoisotopic (exact) mass is 447 g/mol. The molecule has 0 radical (unpaired) electrons. The van der Waals surface area contributed by atoms with Crippen LogP contribution in [0, 0.1) is 4.77 Å². The number of carbonyl (C=O) groups is 1. The van der Waals surface area contributed by atoms with Gasteiger partial charge >= 0.3 is 0 Å². The van der Waals surface area contributed by atoms with Gasteiger partial charge in [-0.15, -0.1) is 0 Å². The standard InChI is InChI=1S/C24H21N3O4S/c1-30-17-9-11-21(31-2)20(13-17)27-23(29)18-10-8-16(12-19(18)26-24(27)32)22(28)25-14-15-6-4-3-5-7-15/h3-13H,14H2,1-2H3,(H,25,28)(H,26,32). The fourth-order valence-corrected chi connectivity index (χ4v) is 3.72. The molecule has 7 nitrogen and oxygen atoms in total. The van der Waals surface area contributed by atoms with Crippen molar-refractivity contribution in [2.45, 2.75) is 6.54 Å². The minimum atomic E-state index is -0.327. The Labute approximate surface area is 189 Å². The first-order valence-corrected chi connectivity index (χ1v) is 10.3. The molecule has 1 heterocycles.